The van der Waals surface area contributed by atoms with Gasteiger partial charge in [0.05, 0.1) is 19.1 Å². The molecule has 12 N–H and O–H groups in total. The highest BCUT2D eigenvalue weighted by atomic mass is 16.6. The lowest BCUT2D eigenvalue weighted by atomic mass is 9.97. The van der Waals surface area contributed by atoms with Crippen molar-refractivity contribution in [1.82, 2.24) is 31.9 Å². The van der Waals surface area contributed by atoms with Gasteiger partial charge in [0.15, 0.2) is 0 Å². The Morgan fingerprint density at radius 1 is 0.667 bits per heavy atom. The van der Waals surface area contributed by atoms with E-state index in [0.717, 1.165) is 6.92 Å². The molecule has 60 heavy (non-hydrogen) atoms. The summed E-state index contributed by atoms with van der Waals surface area (Å²) in [4.78, 5) is 104. The number of amides is 7. The number of aliphatic carboxylic acids is 1. The molecule has 2 aromatic carbocycles. The summed E-state index contributed by atoms with van der Waals surface area (Å²) in [5.74, 6) is -8.32. The third-order valence-electron chi connectivity index (χ3n) is 8.99. The van der Waals surface area contributed by atoms with E-state index in [0.29, 0.717) is 17.5 Å². The molecule has 2 rings (SSSR count). The van der Waals surface area contributed by atoms with Crippen LogP contribution in [0.3, 0.4) is 0 Å². The molecule has 0 heterocycles. The molecule has 0 saturated carbocycles. The minimum absolute atomic E-state index is 0.0741. The molecular formula is C40H57N7O13. The molecule has 2 aromatic rings. The Hall–Kier alpha value is -6.28. The third-order valence-corrected chi connectivity index (χ3v) is 8.99. The normalized spacial score (nSPS) is 15.2. The topological polar surface area (TPSA) is 325 Å². The molecule has 0 aliphatic carbocycles. The van der Waals surface area contributed by atoms with Crippen molar-refractivity contribution in [2.75, 3.05) is 6.61 Å². The number of hydrogen-bond donors (Lipinski definition) is 11. The molecule has 0 aliphatic heterocycles. The number of alkyl carbamates (subject to hydrolysis) is 1. The number of carbonyl (C=O) groups is 8. The first-order valence-electron chi connectivity index (χ1n) is 19.2. The zero-order chi connectivity index (χ0) is 45.3. The molecule has 0 fully saturated rings. The van der Waals surface area contributed by atoms with Crippen molar-refractivity contribution in [2.24, 2.45) is 11.7 Å². The third kappa shape index (κ3) is 16.9. The van der Waals surface area contributed by atoms with Gasteiger partial charge in [0.25, 0.3) is 0 Å². The predicted octanol–water partition coefficient (Wildman–Crippen LogP) is -1.13. The maximum atomic E-state index is 13.9. The van der Waals surface area contributed by atoms with Crippen LogP contribution in [0.25, 0.3) is 0 Å². The second kappa shape index (κ2) is 23.3. The van der Waals surface area contributed by atoms with E-state index >= 15 is 0 Å². The summed E-state index contributed by atoms with van der Waals surface area (Å²) in [6, 6.07) is 4.45. The van der Waals surface area contributed by atoms with Crippen LogP contribution < -0.4 is 37.6 Å². The average Bonchev–Trinajstić information content (AvgIpc) is 3.16. The summed E-state index contributed by atoms with van der Waals surface area (Å²) in [7, 11) is 0. The maximum absolute atomic E-state index is 13.9. The largest absolute Gasteiger partial charge is 0.508 e. The molecule has 20 nitrogen and oxygen atoms in total. The Morgan fingerprint density at radius 2 is 1.15 bits per heavy atom. The summed E-state index contributed by atoms with van der Waals surface area (Å²) in [6.07, 6.45) is -3.27. The number of phenols is 1. The van der Waals surface area contributed by atoms with Crippen molar-refractivity contribution in [3.8, 4) is 5.75 Å². The van der Waals surface area contributed by atoms with E-state index in [-0.39, 0.29) is 18.6 Å². The van der Waals surface area contributed by atoms with Crippen LogP contribution in [0.1, 0.15) is 65.5 Å². The van der Waals surface area contributed by atoms with Gasteiger partial charge in [-0.3, -0.25) is 28.8 Å². The number of carboxylic acid groups (broad SMARTS) is 1. The molecule has 0 bridgehead atoms. The highest BCUT2D eigenvalue weighted by Crippen LogP contribution is 2.14. The summed E-state index contributed by atoms with van der Waals surface area (Å²) >= 11 is 0. The first-order valence-corrected chi connectivity index (χ1v) is 19.2. The number of hydrogen-bond acceptors (Lipinski definition) is 12. The van der Waals surface area contributed by atoms with E-state index in [1.165, 1.54) is 24.3 Å². The second-order valence-corrected chi connectivity index (χ2v) is 15.2. The number of aromatic hydroxyl groups is 1. The number of benzene rings is 2. The van der Waals surface area contributed by atoms with Crippen molar-refractivity contribution >= 4 is 47.5 Å². The van der Waals surface area contributed by atoms with Gasteiger partial charge in [-0.25, -0.2) is 9.59 Å². The number of rotatable bonds is 22. The van der Waals surface area contributed by atoms with Crippen LogP contribution >= 0.6 is 0 Å². The van der Waals surface area contributed by atoms with Gasteiger partial charge in [-0.1, -0.05) is 62.7 Å². The lowest BCUT2D eigenvalue weighted by Gasteiger charge is -2.29. The number of aliphatic hydroxyl groups is 2. The van der Waals surface area contributed by atoms with E-state index in [9.17, 15) is 58.8 Å². The van der Waals surface area contributed by atoms with E-state index < -0.39 is 114 Å². The monoisotopic (exact) mass is 843 g/mol. The van der Waals surface area contributed by atoms with Gasteiger partial charge in [-0.15, -0.1) is 0 Å². The molecule has 0 spiro atoms. The SMILES string of the molecule is CCC(C)C(NC(=O)OC(C)(C)C)C(=O)NC(Cc1ccccc1)C(=O)NC(C(=O)NC(CC(N)=O)C(=O)NC(CO)C(=O)NC(Cc1ccc(O)cc1)C(=O)O)C(C)O. The standard InChI is InChI=1S/C40H57N7O13/c1-7-21(2)31(47-39(59)60-40(4,5)6)36(55)42-26(17-23-11-9-8-10-12-23)34(53)46-32(22(3)49)37(56)43-27(19-30(41)51)33(52)45-29(20-48)35(54)44-28(38(57)58)18-24-13-15-25(50)16-14-24/h8-16,21-22,26-29,31-32,48-50H,7,17-20H2,1-6H3,(H2,41,51)(H,42,55)(H,43,56)(H,44,54)(H,45,52)(H,46,53)(H,47,59)(H,57,58). The van der Waals surface area contributed by atoms with Gasteiger partial charge in [0, 0.05) is 12.8 Å². The Balaban J connectivity index is 2.30. The maximum Gasteiger partial charge on any atom is 0.408 e. The lowest BCUT2D eigenvalue weighted by Crippen LogP contribution is -2.62. The number of phenolic OH excluding ortho intramolecular Hbond substituents is 1. The Morgan fingerprint density at radius 3 is 1.67 bits per heavy atom. The number of aliphatic hydroxyl groups excluding tert-OH is 2. The summed E-state index contributed by atoms with van der Waals surface area (Å²) in [5.41, 5.74) is 5.47. The smallest absolute Gasteiger partial charge is 0.408 e. The summed E-state index contributed by atoms with van der Waals surface area (Å²) in [6.45, 7) is 8.54. The van der Waals surface area contributed by atoms with Crippen LogP contribution in [0.2, 0.25) is 0 Å². The first kappa shape index (κ1) is 49.9. The van der Waals surface area contributed by atoms with Crippen LogP contribution in [-0.2, 0) is 51.1 Å². The van der Waals surface area contributed by atoms with Crippen LogP contribution in [0.4, 0.5) is 4.79 Å². The van der Waals surface area contributed by atoms with Gasteiger partial charge in [-0.05, 0) is 56.9 Å². The molecule has 0 saturated heterocycles. The zero-order valence-corrected chi connectivity index (χ0v) is 34.4. The van der Waals surface area contributed by atoms with Crippen molar-refractivity contribution in [3.63, 3.8) is 0 Å². The average molecular weight is 844 g/mol. The lowest BCUT2D eigenvalue weighted by molar-refractivity contribution is -0.142. The molecule has 0 radical (unpaired) electrons. The molecule has 7 amide bonds. The summed E-state index contributed by atoms with van der Waals surface area (Å²) < 4.78 is 5.33. The number of ether oxygens (including phenoxy) is 1. The molecule has 0 aliphatic rings. The first-order chi connectivity index (χ1) is 28.0. The van der Waals surface area contributed by atoms with Crippen molar-refractivity contribution in [3.05, 3.63) is 65.7 Å². The Labute approximate surface area is 347 Å². The molecule has 20 heteroatoms. The Kier molecular flexibility index (Phi) is 19.4. The molecular weight excluding hydrogens is 786 g/mol. The van der Waals surface area contributed by atoms with Gasteiger partial charge in [-0.2, -0.15) is 0 Å². The second-order valence-electron chi connectivity index (χ2n) is 15.2. The summed E-state index contributed by atoms with van der Waals surface area (Å²) in [5, 5.41) is 53.9. The van der Waals surface area contributed by atoms with Crippen molar-refractivity contribution in [1.29, 1.82) is 0 Å². The molecule has 8 atom stereocenters. The number of nitrogens with one attached hydrogen (secondary N) is 6. The predicted molar refractivity (Wildman–Crippen MR) is 214 cm³/mol. The highest BCUT2D eigenvalue weighted by molar-refractivity contribution is 5.98. The minimum atomic E-state index is -1.84. The van der Waals surface area contributed by atoms with Crippen LogP contribution in [0.5, 0.6) is 5.75 Å². The van der Waals surface area contributed by atoms with Crippen molar-refractivity contribution < 1.29 is 63.5 Å². The molecule has 0 aromatic heterocycles. The van der Waals surface area contributed by atoms with Gasteiger partial charge < -0.3 is 62.8 Å². The van der Waals surface area contributed by atoms with Gasteiger partial charge in [0.1, 0.15) is 47.6 Å². The highest BCUT2D eigenvalue weighted by Gasteiger charge is 2.36. The quantitative estimate of drug-likeness (QED) is 0.0670. The van der Waals surface area contributed by atoms with Crippen LogP contribution in [-0.4, -0.2) is 122 Å². The van der Waals surface area contributed by atoms with Crippen LogP contribution in [0, 0.1) is 5.92 Å². The number of carboxylic acids is 1. The Bertz CT molecular complexity index is 1800. The number of carbonyl (C=O) groups excluding carboxylic acids is 7. The molecule has 8 unspecified atom stereocenters. The van der Waals surface area contributed by atoms with Crippen molar-refractivity contribution in [2.45, 2.75) is 115 Å². The van der Waals surface area contributed by atoms with E-state index in [1.807, 2.05) is 0 Å². The van der Waals surface area contributed by atoms with E-state index in [2.05, 4.69) is 31.9 Å². The number of primary amides is 1. The van der Waals surface area contributed by atoms with Gasteiger partial charge >= 0.3 is 12.1 Å². The molecule has 330 valence electrons. The minimum Gasteiger partial charge on any atom is -0.508 e. The van der Waals surface area contributed by atoms with E-state index in [4.69, 9.17) is 10.5 Å². The van der Waals surface area contributed by atoms with Crippen LogP contribution in [0.15, 0.2) is 54.6 Å². The number of nitrogens with two attached hydrogens (primary N) is 1. The fraction of sp³-hybridized carbons (Fsp3) is 0.500. The van der Waals surface area contributed by atoms with E-state index in [1.54, 1.807) is 65.0 Å². The fourth-order valence-corrected chi connectivity index (χ4v) is 5.59. The fourth-order valence-electron chi connectivity index (χ4n) is 5.59. The van der Waals surface area contributed by atoms with Gasteiger partial charge in [0.2, 0.25) is 35.4 Å². The zero-order valence-electron chi connectivity index (χ0n) is 34.4.